The zero-order valence-corrected chi connectivity index (χ0v) is 17.3. The fraction of sp³-hybridized carbons (Fsp3) is 0.280. The SMILES string of the molecule is Cc1cccc(CN2CCC(NC(=O)c3cccnc3Oc3ccccc3)CC2)c1. The summed E-state index contributed by atoms with van der Waals surface area (Å²) in [6, 6.07) is 21.7. The number of nitrogens with one attached hydrogen (secondary N) is 1. The Morgan fingerprint density at radius 2 is 1.87 bits per heavy atom. The highest BCUT2D eigenvalue weighted by atomic mass is 16.5. The zero-order valence-electron chi connectivity index (χ0n) is 17.3. The average Bonchev–Trinajstić information content (AvgIpc) is 2.76. The molecule has 5 heteroatoms. The Hall–Kier alpha value is -3.18. The molecule has 1 aliphatic rings. The number of aryl methyl sites for hydroxylation is 1. The van der Waals surface area contributed by atoms with Gasteiger partial charge in [0.25, 0.3) is 5.91 Å². The first-order valence-electron chi connectivity index (χ1n) is 10.4. The van der Waals surface area contributed by atoms with Gasteiger partial charge in [0.05, 0.1) is 0 Å². The second-order valence-corrected chi connectivity index (χ2v) is 7.78. The van der Waals surface area contributed by atoms with E-state index in [2.05, 4.69) is 46.4 Å². The number of likely N-dealkylation sites (tertiary alicyclic amines) is 1. The molecule has 1 saturated heterocycles. The van der Waals surface area contributed by atoms with Gasteiger partial charge in [-0.25, -0.2) is 4.98 Å². The molecule has 3 aromatic rings. The van der Waals surface area contributed by atoms with Gasteiger partial charge in [0.15, 0.2) is 0 Å². The van der Waals surface area contributed by atoms with Gasteiger partial charge in [0, 0.05) is 31.9 Å². The lowest BCUT2D eigenvalue weighted by Gasteiger charge is -2.32. The van der Waals surface area contributed by atoms with E-state index in [9.17, 15) is 4.79 Å². The summed E-state index contributed by atoms with van der Waals surface area (Å²) in [7, 11) is 0. The highest BCUT2D eigenvalue weighted by Gasteiger charge is 2.23. The molecule has 0 atom stereocenters. The molecule has 1 amide bonds. The summed E-state index contributed by atoms with van der Waals surface area (Å²) < 4.78 is 5.83. The number of pyridine rings is 1. The number of amides is 1. The fourth-order valence-corrected chi connectivity index (χ4v) is 3.81. The zero-order chi connectivity index (χ0) is 20.8. The molecule has 4 rings (SSSR count). The Kier molecular flexibility index (Phi) is 6.40. The van der Waals surface area contributed by atoms with Gasteiger partial charge >= 0.3 is 0 Å². The summed E-state index contributed by atoms with van der Waals surface area (Å²) in [5, 5.41) is 3.17. The molecule has 154 valence electrons. The van der Waals surface area contributed by atoms with Crippen molar-refractivity contribution in [1.29, 1.82) is 0 Å². The topological polar surface area (TPSA) is 54.5 Å². The molecule has 5 nitrogen and oxygen atoms in total. The molecule has 0 radical (unpaired) electrons. The largest absolute Gasteiger partial charge is 0.438 e. The second-order valence-electron chi connectivity index (χ2n) is 7.78. The fourth-order valence-electron chi connectivity index (χ4n) is 3.81. The van der Waals surface area contributed by atoms with E-state index in [0.717, 1.165) is 32.5 Å². The van der Waals surface area contributed by atoms with Crippen LogP contribution in [0.2, 0.25) is 0 Å². The number of piperidine rings is 1. The second kappa shape index (κ2) is 9.55. The van der Waals surface area contributed by atoms with E-state index in [1.54, 1.807) is 18.3 Å². The third-order valence-electron chi connectivity index (χ3n) is 5.38. The molecular weight excluding hydrogens is 374 g/mol. The van der Waals surface area contributed by atoms with Crippen molar-refractivity contribution in [3.63, 3.8) is 0 Å². The monoisotopic (exact) mass is 401 g/mol. The molecule has 1 fully saturated rings. The van der Waals surface area contributed by atoms with E-state index >= 15 is 0 Å². The standard InChI is InChI=1S/C25H27N3O2/c1-19-7-5-8-20(17-19)18-28-15-12-21(13-16-28)27-24(29)23-11-6-14-26-25(23)30-22-9-3-2-4-10-22/h2-11,14,17,21H,12-13,15-16,18H2,1H3,(H,27,29). The van der Waals surface area contributed by atoms with Crippen molar-refractivity contribution >= 4 is 5.91 Å². The number of nitrogens with zero attached hydrogens (tertiary/aromatic N) is 2. The van der Waals surface area contributed by atoms with E-state index in [1.807, 2.05) is 30.3 Å². The van der Waals surface area contributed by atoms with Crippen LogP contribution >= 0.6 is 0 Å². The van der Waals surface area contributed by atoms with Crippen molar-refractivity contribution in [3.8, 4) is 11.6 Å². The Balaban J connectivity index is 1.33. The predicted octanol–water partition coefficient (Wildman–Crippen LogP) is 4.58. The van der Waals surface area contributed by atoms with Crippen LogP contribution in [0.3, 0.4) is 0 Å². The van der Waals surface area contributed by atoms with Crippen LogP contribution in [0.4, 0.5) is 0 Å². The van der Waals surface area contributed by atoms with E-state index in [1.165, 1.54) is 11.1 Å². The molecule has 1 N–H and O–H groups in total. The van der Waals surface area contributed by atoms with Crippen LogP contribution in [0.25, 0.3) is 0 Å². The number of rotatable bonds is 6. The summed E-state index contributed by atoms with van der Waals surface area (Å²) in [6.45, 7) is 5.03. The number of carbonyl (C=O) groups excluding carboxylic acids is 1. The van der Waals surface area contributed by atoms with E-state index in [0.29, 0.717) is 17.2 Å². The van der Waals surface area contributed by atoms with E-state index < -0.39 is 0 Å². The number of ether oxygens (including phenoxy) is 1. The summed E-state index contributed by atoms with van der Waals surface area (Å²) >= 11 is 0. The summed E-state index contributed by atoms with van der Waals surface area (Å²) in [4.78, 5) is 19.6. The van der Waals surface area contributed by atoms with Gasteiger partial charge in [0.2, 0.25) is 5.88 Å². The van der Waals surface area contributed by atoms with Gasteiger partial charge < -0.3 is 10.1 Å². The molecule has 0 unspecified atom stereocenters. The number of hydrogen-bond acceptors (Lipinski definition) is 4. The maximum absolute atomic E-state index is 12.9. The van der Waals surface area contributed by atoms with Gasteiger partial charge in [-0.2, -0.15) is 0 Å². The summed E-state index contributed by atoms with van der Waals surface area (Å²) in [6.07, 6.45) is 3.51. The number of aromatic nitrogens is 1. The number of para-hydroxylation sites is 1. The van der Waals surface area contributed by atoms with E-state index in [4.69, 9.17) is 4.74 Å². The van der Waals surface area contributed by atoms with Crippen LogP contribution in [-0.4, -0.2) is 34.9 Å². The maximum atomic E-state index is 12.9. The lowest BCUT2D eigenvalue weighted by Crippen LogP contribution is -2.44. The van der Waals surface area contributed by atoms with Crippen LogP contribution in [0.1, 0.15) is 34.3 Å². The molecule has 2 heterocycles. The Bertz CT molecular complexity index is 982. The summed E-state index contributed by atoms with van der Waals surface area (Å²) in [5.41, 5.74) is 3.10. The minimum absolute atomic E-state index is 0.133. The van der Waals surface area contributed by atoms with Gasteiger partial charge in [-0.05, 0) is 49.6 Å². The van der Waals surface area contributed by atoms with Crippen LogP contribution in [0.15, 0.2) is 72.9 Å². The van der Waals surface area contributed by atoms with Crippen molar-refractivity contribution in [3.05, 3.63) is 89.6 Å². The van der Waals surface area contributed by atoms with Crippen molar-refractivity contribution in [1.82, 2.24) is 15.2 Å². The molecule has 1 aromatic heterocycles. The molecule has 1 aliphatic heterocycles. The highest BCUT2D eigenvalue weighted by Crippen LogP contribution is 2.23. The number of benzene rings is 2. The van der Waals surface area contributed by atoms with Crippen LogP contribution in [-0.2, 0) is 6.54 Å². The minimum atomic E-state index is -0.133. The summed E-state index contributed by atoms with van der Waals surface area (Å²) in [5.74, 6) is 0.860. The first-order valence-corrected chi connectivity index (χ1v) is 10.4. The van der Waals surface area contributed by atoms with E-state index in [-0.39, 0.29) is 11.9 Å². The number of carbonyl (C=O) groups is 1. The van der Waals surface area contributed by atoms with Crippen molar-refractivity contribution < 1.29 is 9.53 Å². The third-order valence-corrected chi connectivity index (χ3v) is 5.38. The first-order chi connectivity index (χ1) is 14.7. The Morgan fingerprint density at radius 1 is 1.07 bits per heavy atom. The molecule has 0 aliphatic carbocycles. The van der Waals surface area contributed by atoms with Gasteiger partial charge in [-0.15, -0.1) is 0 Å². The molecule has 0 spiro atoms. The molecule has 2 aromatic carbocycles. The lowest BCUT2D eigenvalue weighted by atomic mass is 10.0. The minimum Gasteiger partial charge on any atom is -0.438 e. The lowest BCUT2D eigenvalue weighted by molar-refractivity contribution is 0.0906. The van der Waals surface area contributed by atoms with Crippen LogP contribution < -0.4 is 10.1 Å². The van der Waals surface area contributed by atoms with Gasteiger partial charge in [0.1, 0.15) is 11.3 Å². The molecule has 0 saturated carbocycles. The molecular formula is C25H27N3O2. The highest BCUT2D eigenvalue weighted by molar-refractivity contribution is 5.96. The predicted molar refractivity (Wildman–Crippen MR) is 118 cm³/mol. The normalized spacial score (nSPS) is 15.0. The quantitative estimate of drug-likeness (QED) is 0.657. The molecule has 30 heavy (non-hydrogen) atoms. The third kappa shape index (κ3) is 5.24. The van der Waals surface area contributed by atoms with Crippen LogP contribution in [0, 0.1) is 6.92 Å². The van der Waals surface area contributed by atoms with Gasteiger partial charge in [-0.3, -0.25) is 9.69 Å². The molecule has 0 bridgehead atoms. The first kappa shape index (κ1) is 20.1. The van der Waals surface area contributed by atoms with Crippen molar-refractivity contribution in [2.24, 2.45) is 0 Å². The smallest absolute Gasteiger partial charge is 0.257 e. The van der Waals surface area contributed by atoms with Crippen molar-refractivity contribution in [2.45, 2.75) is 32.4 Å². The Labute approximate surface area is 177 Å². The maximum Gasteiger partial charge on any atom is 0.257 e. The van der Waals surface area contributed by atoms with Crippen LogP contribution in [0.5, 0.6) is 11.6 Å². The average molecular weight is 402 g/mol. The number of hydrogen-bond donors (Lipinski definition) is 1. The van der Waals surface area contributed by atoms with Crippen molar-refractivity contribution in [2.75, 3.05) is 13.1 Å². The van der Waals surface area contributed by atoms with Gasteiger partial charge in [-0.1, -0.05) is 48.0 Å². The Morgan fingerprint density at radius 3 is 2.63 bits per heavy atom.